The SMILES string of the molecule is O=C(O)c1ccc2nc3cc([N+](=O)[O-])ccc3cc2c1O. The first-order chi connectivity index (χ1) is 9.97. The fourth-order valence-corrected chi connectivity index (χ4v) is 2.16. The minimum Gasteiger partial charge on any atom is -0.506 e. The number of carboxylic acids is 1. The minimum absolute atomic E-state index is 0.0827. The van der Waals surface area contributed by atoms with Gasteiger partial charge in [-0.05, 0) is 24.3 Å². The molecule has 0 atom stereocenters. The molecule has 0 amide bonds. The molecule has 0 spiro atoms. The van der Waals surface area contributed by atoms with Gasteiger partial charge in [-0.25, -0.2) is 9.78 Å². The van der Waals surface area contributed by atoms with Gasteiger partial charge in [-0.2, -0.15) is 0 Å². The Balaban J connectivity index is 2.34. The zero-order chi connectivity index (χ0) is 15.1. The molecule has 104 valence electrons. The smallest absolute Gasteiger partial charge is 0.339 e. The number of aromatic nitrogens is 1. The Morgan fingerprint density at radius 3 is 2.57 bits per heavy atom. The predicted octanol–water partition coefficient (Wildman–Crippen LogP) is 2.70. The van der Waals surface area contributed by atoms with E-state index in [4.69, 9.17) is 5.11 Å². The first kappa shape index (κ1) is 12.8. The average molecular weight is 284 g/mol. The number of nitro benzene ring substituents is 1. The fourth-order valence-electron chi connectivity index (χ4n) is 2.16. The zero-order valence-corrected chi connectivity index (χ0v) is 10.5. The lowest BCUT2D eigenvalue weighted by molar-refractivity contribution is -0.384. The summed E-state index contributed by atoms with van der Waals surface area (Å²) in [5.41, 5.74) is 0.468. The number of hydrogen-bond donors (Lipinski definition) is 2. The molecular weight excluding hydrogens is 276 g/mol. The third kappa shape index (κ3) is 2.00. The van der Waals surface area contributed by atoms with Gasteiger partial charge in [0.25, 0.3) is 5.69 Å². The number of phenols is 1. The van der Waals surface area contributed by atoms with E-state index in [0.717, 1.165) is 0 Å². The van der Waals surface area contributed by atoms with Crippen molar-refractivity contribution >= 4 is 33.5 Å². The second-order valence-electron chi connectivity index (χ2n) is 4.46. The summed E-state index contributed by atoms with van der Waals surface area (Å²) in [6, 6.07) is 8.42. The van der Waals surface area contributed by atoms with Crippen molar-refractivity contribution in [3.05, 3.63) is 52.1 Å². The summed E-state index contributed by atoms with van der Waals surface area (Å²) in [6.07, 6.45) is 0. The summed E-state index contributed by atoms with van der Waals surface area (Å²) < 4.78 is 0. The highest BCUT2D eigenvalue weighted by Crippen LogP contribution is 2.31. The van der Waals surface area contributed by atoms with Crippen LogP contribution in [0.15, 0.2) is 36.4 Å². The molecule has 0 aliphatic carbocycles. The Morgan fingerprint density at radius 1 is 1.14 bits per heavy atom. The van der Waals surface area contributed by atoms with E-state index in [1.165, 1.54) is 30.3 Å². The van der Waals surface area contributed by atoms with Gasteiger partial charge in [0.15, 0.2) is 0 Å². The van der Waals surface area contributed by atoms with Crippen LogP contribution in [0.1, 0.15) is 10.4 Å². The van der Waals surface area contributed by atoms with Crippen molar-refractivity contribution in [3.63, 3.8) is 0 Å². The van der Waals surface area contributed by atoms with Crippen molar-refractivity contribution in [3.8, 4) is 5.75 Å². The maximum absolute atomic E-state index is 11.0. The molecule has 3 aromatic rings. The highest BCUT2D eigenvalue weighted by molar-refractivity contribution is 6.02. The summed E-state index contributed by atoms with van der Waals surface area (Å²) in [7, 11) is 0. The van der Waals surface area contributed by atoms with E-state index in [9.17, 15) is 20.0 Å². The number of nitrogens with zero attached hydrogens (tertiary/aromatic N) is 2. The number of aromatic hydroxyl groups is 1. The second kappa shape index (κ2) is 4.41. The number of benzene rings is 2. The van der Waals surface area contributed by atoms with E-state index >= 15 is 0 Å². The Morgan fingerprint density at radius 2 is 1.90 bits per heavy atom. The van der Waals surface area contributed by atoms with Crippen molar-refractivity contribution in [2.24, 2.45) is 0 Å². The van der Waals surface area contributed by atoms with Gasteiger partial charge >= 0.3 is 5.97 Å². The molecule has 0 saturated heterocycles. The Kier molecular flexibility index (Phi) is 2.69. The maximum atomic E-state index is 11.0. The molecule has 0 aliphatic heterocycles. The molecular formula is C14H8N2O5. The Hall–Kier alpha value is -3.22. The zero-order valence-electron chi connectivity index (χ0n) is 10.5. The van der Waals surface area contributed by atoms with Crippen LogP contribution in [0, 0.1) is 10.1 Å². The van der Waals surface area contributed by atoms with Crippen LogP contribution in [0.4, 0.5) is 5.69 Å². The van der Waals surface area contributed by atoms with Crippen LogP contribution in [0.5, 0.6) is 5.75 Å². The minimum atomic E-state index is -1.24. The number of non-ortho nitro benzene ring substituents is 1. The molecule has 2 aromatic carbocycles. The molecule has 7 nitrogen and oxygen atoms in total. The van der Waals surface area contributed by atoms with Gasteiger partial charge < -0.3 is 10.2 Å². The second-order valence-corrected chi connectivity index (χ2v) is 4.46. The molecule has 21 heavy (non-hydrogen) atoms. The van der Waals surface area contributed by atoms with Crippen LogP contribution in [0.2, 0.25) is 0 Å². The lowest BCUT2D eigenvalue weighted by atomic mass is 10.1. The number of pyridine rings is 1. The molecule has 2 N–H and O–H groups in total. The van der Waals surface area contributed by atoms with Gasteiger partial charge in [0, 0.05) is 22.9 Å². The summed E-state index contributed by atoms with van der Waals surface area (Å²) in [6.45, 7) is 0. The van der Waals surface area contributed by atoms with E-state index < -0.39 is 10.9 Å². The number of hydrogen-bond acceptors (Lipinski definition) is 5. The summed E-state index contributed by atoms with van der Waals surface area (Å²) in [4.78, 5) is 25.5. The Bertz CT molecular complexity index is 920. The van der Waals surface area contributed by atoms with Crippen molar-refractivity contribution in [1.82, 2.24) is 4.98 Å². The third-order valence-corrected chi connectivity index (χ3v) is 3.19. The van der Waals surface area contributed by atoms with Crippen LogP contribution >= 0.6 is 0 Å². The number of carboxylic acid groups (broad SMARTS) is 1. The van der Waals surface area contributed by atoms with Crippen molar-refractivity contribution in [1.29, 1.82) is 0 Å². The van der Waals surface area contributed by atoms with Crippen molar-refractivity contribution in [2.45, 2.75) is 0 Å². The highest BCUT2D eigenvalue weighted by atomic mass is 16.6. The quantitative estimate of drug-likeness (QED) is 0.425. The number of nitro groups is 1. The van der Waals surface area contributed by atoms with Crippen LogP contribution in [0.3, 0.4) is 0 Å². The fraction of sp³-hybridized carbons (Fsp3) is 0. The van der Waals surface area contributed by atoms with E-state index in [2.05, 4.69) is 4.98 Å². The standard InChI is InChI=1S/C14H8N2O5/c17-13-9(14(18)19)3-4-11-10(13)5-7-1-2-8(16(20)21)6-12(7)15-11/h1-6,17H,(H,18,19). The molecule has 7 heteroatoms. The Labute approximate surface area is 117 Å². The van der Waals surface area contributed by atoms with E-state index in [1.54, 1.807) is 6.07 Å². The lowest BCUT2D eigenvalue weighted by Gasteiger charge is -2.06. The van der Waals surface area contributed by atoms with Gasteiger partial charge in [0.1, 0.15) is 11.3 Å². The van der Waals surface area contributed by atoms with E-state index in [1.807, 2.05) is 0 Å². The molecule has 1 heterocycles. The monoisotopic (exact) mass is 284 g/mol. The topological polar surface area (TPSA) is 114 Å². The first-order valence-corrected chi connectivity index (χ1v) is 5.91. The normalized spacial score (nSPS) is 10.9. The van der Waals surface area contributed by atoms with E-state index in [0.29, 0.717) is 16.4 Å². The molecule has 0 aliphatic rings. The van der Waals surface area contributed by atoms with Gasteiger partial charge in [-0.15, -0.1) is 0 Å². The number of aromatic carboxylic acids is 1. The van der Waals surface area contributed by atoms with Crippen molar-refractivity contribution < 1.29 is 19.9 Å². The van der Waals surface area contributed by atoms with Gasteiger partial charge in [0.05, 0.1) is 16.0 Å². The number of carbonyl (C=O) groups is 1. The van der Waals surface area contributed by atoms with Gasteiger partial charge in [-0.1, -0.05) is 0 Å². The molecule has 3 rings (SSSR count). The number of rotatable bonds is 2. The summed E-state index contributed by atoms with van der Waals surface area (Å²) in [5.74, 6) is -1.61. The molecule has 0 saturated carbocycles. The third-order valence-electron chi connectivity index (χ3n) is 3.19. The average Bonchev–Trinajstić information content (AvgIpc) is 2.45. The largest absolute Gasteiger partial charge is 0.506 e. The maximum Gasteiger partial charge on any atom is 0.339 e. The van der Waals surface area contributed by atoms with Crippen LogP contribution in [-0.4, -0.2) is 26.1 Å². The van der Waals surface area contributed by atoms with Crippen LogP contribution < -0.4 is 0 Å². The molecule has 0 fully saturated rings. The lowest BCUT2D eigenvalue weighted by Crippen LogP contribution is -1.97. The summed E-state index contributed by atoms with van der Waals surface area (Å²) in [5, 5.41) is 30.6. The molecule has 0 bridgehead atoms. The molecule has 1 aromatic heterocycles. The first-order valence-electron chi connectivity index (χ1n) is 5.91. The number of fused-ring (bicyclic) bond motifs is 2. The van der Waals surface area contributed by atoms with Crippen molar-refractivity contribution in [2.75, 3.05) is 0 Å². The van der Waals surface area contributed by atoms with E-state index in [-0.39, 0.29) is 22.4 Å². The molecule has 0 unspecified atom stereocenters. The van der Waals surface area contributed by atoms with Crippen LogP contribution in [-0.2, 0) is 0 Å². The van der Waals surface area contributed by atoms with Gasteiger partial charge in [0.2, 0.25) is 0 Å². The highest BCUT2D eigenvalue weighted by Gasteiger charge is 2.15. The predicted molar refractivity (Wildman–Crippen MR) is 74.5 cm³/mol. The van der Waals surface area contributed by atoms with Gasteiger partial charge in [-0.3, -0.25) is 10.1 Å². The van der Waals surface area contributed by atoms with Crippen LogP contribution in [0.25, 0.3) is 21.8 Å². The molecule has 0 radical (unpaired) electrons. The summed E-state index contributed by atoms with van der Waals surface area (Å²) >= 11 is 0.